The molecule has 0 aliphatic heterocycles. The van der Waals surface area contributed by atoms with E-state index in [2.05, 4.69) is 11.4 Å². The minimum Gasteiger partial charge on any atom is -0.443 e. The van der Waals surface area contributed by atoms with E-state index in [1.165, 1.54) is 11.3 Å². The number of carbonyl (C=O) groups excluding carboxylic acids is 1. The summed E-state index contributed by atoms with van der Waals surface area (Å²) in [7, 11) is 0. The van der Waals surface area contributed by atoms with E-state index in [-0.39, 0.29) is 17.0 Å². The van der Waals surface area contributed by atoms with Crippen LogP contribution in [-0.2, 0) is 6.54 Å². The van der Waals surface area contributed by atoms with E-state index in [1.807, 2.05) is 18.2 Å². The number of nitriles is 1. The number of halogens is 1. The van der Waals surface area contributed by atoms with Crippen molar-refractivity contribution in [3.05, 3.63) is 62.8 Å². The highest BCUT2D eigenvalue weighted by Gasteiger charge is 2.24. The maximum atomic E-state index is 12.4. The van der Waals surface area contributed by atoms with Crippen LogP contribution in [0.4, 0.5) is 0 Å². The summed E-state index contributed by atoms with van der Waals surface area (Å²) < 4.78 is 7.96. The fourth-order valence-corrected chi connectivity index (χ4v) is 3.29. The van der Waals surface area contributed by atoms with Gasteiger partial charge in [0.05, 0.1) is 10.9 Å². The Bertz CT molecular complexity index is 887. The van der Waals surface area contributed by atoms with Gasteiger partial charge in [0, 0.05) is 17.3 Å². The first kappa shape index (κ1) is 15.4. The summed E-state index contributed by atoms with van der Waals surface area (Å²) in [5.41, 5.74) is 0.485. The number of rotatable bonds is 4. The zero-order valence-corrected chi connectivity index (χ0v) is 13.7. The lowest BCUT2D eigenvalue weighted by Crippen LogP contribution is -2.23. The van der Waals surface area contributed by atoms with Crippen molar-refractivity contribution in [3.63, 3.8) is 0 Å². The van der Waals surface area contributed by atoms with Crippen LogP contribution in [0, 0.1) is 18.3 Å². The van der Waals surface area contributed by atoms with Crippen molar-refractivity contribution in [1.82, 2.24) is 9.88 Å². The van der Waals surface area contributed by atoms with Crippen LogP contribution in [0.5, 0.6) is 0 Å². The van der Waals surface area contributed by atoms with E-state index in [0.29, 0.717) is 22.5 Å². The zero-order valence-electron chi connectivity index (χ0n) is 12.2. The molecule has 3 aromatic rings. The molecular weight excluding hydrogens is 334 g/mol. The predicted molar refractivity (Wildman–Crippen MR) is 88.0 cm³/mol. The second-order valence-corrected chi connectivity index (χ2v) is 6.60. The Morgan fingerprint density at radius 3 is 2.78 bits per heavy atom. The third-order valence-corrected chi connectivity index (χ3v) is 4.53. The number of nitrogens with zero attached hydrogens (tertiary/aromatic N) is 2. The predicted octanol–water partition coefficient (Wildman–Crippen LogP) is 3.90. The molecule has 3 rings (SSSR count). The lowest BCUT2D eigenvalue weighted by atomic mass is 10.1. The van der Waals surface area contributed by atoms with Crippen LogP contribution in [0.25, 0.3) is 5.88 Å². The molecule has 0 radical (unpaired) electrons. The molecule has 3 aromatic heterocycles. The number of thiophene rings is 1. The monoisotopic (exact) mass is 345 g/mol. The highest BCUT2D eigenvalue weighted by molar-refractivity contribution is 7.16. The Balaban J connectivity index is 1.87. The quantitative estimate of drug-likeness (QED) is 0.779. The molecule has 0 spiro atoms. The molecule has 0 saturated carbocycles. The minimum absolute atomic E-state index is 0.223. The average molecular weight is 346 g/mol. The first-order valence-electron chi connectivity index (χ1n) is 6.79. The van der Waals surface area contributed by atoms with Gasteiger partial charge < -0.3 is 9.73 Å². The van der Waals surface area contributed by atoms with Gasteiger partial charge in [-0.2, -0.15) is 5.26 Å². The number of furan rings is 1. The lowest BCUT2D eigenvalue weighted by molar-refractivity contribution is 0.0949. The van der Waals surface area contributed by atoms with Crippen LogP contribution < -0.4 is 5.32 Å². The molecule has 0 aliphatic rings. The van der Waals surface area contributed by atoms with Crippen LogP contribution in [0.1, 0.15) is 26.6 Å². The van der Waals surface area contributed by atoms with Crippen molar-refractivity contribution < 1.29 is 9.21 Å². The maximum Gasteiger partial charge on any atom is 0.256 e. The molecule has 1 amide bonds. The number of nitrogens with one attached hydrogen (secondary N) is 1. The van der Waals surface area contributed by atoms with Gasteiger partial charge in [0.1, 0.15) is 23.0 Å². The van der Waals surface area contributed by atoms with Crippen LogP contribution in [0.2, 0.25) is 4.34 Å². The Morgan fingerprint density at radius 1 is 1.43 bits per heavy atom. The normalized spacial score (nSPS) is 10.5. The summed E-state index contributed by atoms with van der Waals surface area (Å²) in [4.78, 5) is 13.4. The van der Waals surface area contributed by atoms with E-state index in [0.717, 1.165) is 4.88 Å². The second kappa shape index (κ2) is 6.32. The largest absolute Gasteiger partial charge is 0.443 e. The molecule has 1 N–H and O–H groups in total. The Hall–Kier alpha value is -2.49. The van der Waals surface area contributed by atoms with Crippen molar-refractivity contribution in [2.24, 2.45) is 0 Å². The van der Waals surface area contributed by atoms with E-state index >= 15 is 0 Å². The van der Waals surface area contributed by atoms with Gasteiger partial charge >= 0.3 is 0 Å². The van der Waals surface area contributed by atoms with E-state index < -0.39 is 0 Å². The number of amides is 1. The molecule has 0 saturated heterocycles. The molecule has 5 nitrogen and oxygen atoms in total. The van der Waals surface area contributed by atoms with Crippen molar-refractivity contribution in [2.45, 2.75) is 13.5 Å². The van der Waals surface area contributed by atoms with Crippen molar-refractivity contribution in [2.75, 3.05) is 0 Å². The molecule has 0 fully saturated rings. The van der Waals surface area contributed by atoms with Gasteiger partial charge in [-0.15, -0.1) is 11.3 Å². The standard InChI is InChI=1S/C16H12ClN3O2S/c1-10-14(15(21)19-9-11-4-5-13(17)23-11)12(8-18)16(22-10)20-6-2-3-7-20/h2-7H,9H2,1H3,(H,19,21). The summed E-state index contributed by atoms with van der Waals surface area (Å²) in [6.45, 7) is 2.02. The number of hydrogen-bond donors (Lipinski definition) is 1. The van der Waals surface area contributed by atoms with E-state index in [4.69, 9.17) is 16.0 Å². The molecule has 0 aromatic carbocycles. The third-order valence-electron chi connectivity index (χ3n) is 3.30. The molecule has 3 heterocycles. The molecule has 0 bridgehead atoms. The number of aryl methyl sites for hydroxylation is 1. The summed E-state index contributed by atoms with van der Waals surface area (Å²) in [6.07, 6.45) is 3.52. The summed E-state index contributed by atoms with van der Waals surface area (Å²) >= 11 is 7.27. The smallest absolute Gasteiger partial charge is 0.256 e. The van der Waals surface area contributed by atoms with Crippen LogP contribution in [0.3, 0.4) is 0 Å². The highest BCUT2D eigenvalue weighted by Crippen LogP contribution is 2.26. The van der Waals surface area contributed by atoms with Crippen molar-refractivity contribution in [3.8, 4) is 12.0 Å². The van der Waals surface area contributed by atoms with Gasteiger partial charge in [-0.1, -0.05) is 11.6 Å². The molecule has 0 unspecified atom stereocenters. The zero-order chi connectivity index (χ0) is 16.4. The maximum absolute atomic E-state index is 12.4. The van der Waals surface area contributed by atoms with Crippen LogP contribution in [-0.4, -0.2) is 10.5 Å². The Kier molecular flexibility index (Phi) is 4.24. The Labute approximate surface area is 141 Å². The van der Waals surface area contributed by atoms with Crippen LogP contribution >= 0.6 is 22.9 Å². The lowest BCUT2D eigenvalue weighted by Gasteiger charge is -2.03. The molecular formula is C16H12ClN3O2S. The molecule has 0 atom stereocenters. The highest BCUT2D eigenvalue weighted by atomic mass is 35.5. The van der Waals surface area contributed by atoms with Crippen molar-refractivity contribution >= 4 is 28.8 Å². The first-order chi connectivity index (χ1) is 11.1. The number of carbonyl (C=O) groups is 1. The van der Waals surface area contributed by atoms with Gasteiger partial charge in [-0.3, -0.25) is 9.36 Å². The number of aromatic nitrogens is 1. The summed E-state index contributed by atoms with van der Waals surface area (Å²) in [5, 5.41) is 12.2. The first-order valence-corrected chi connectivity index (χ1v) is 7.99. The summed E-state index contributed by atoms with van der Waals surface area (Å²) in [6, 6.07) is 9.33. The van der Waals surface area contributed by atoms with E-state index in [1.54, 1.807) is 30.0 Å². The van der Waals surface area contributed by atoms with Gasteiger partial charge in [0.15, 0.2) is 0 Å². The molecule has 0 aliphatic carbocycles. The number of hydrogen-bond acceptors (Lipinski definition) is 4. The van der Waals surface area contributed by atoms with Crippen molar-refractivity contribution in [1.29, 1.82) is 5.26 Å². The summed E-state index contributed by atoms with van der Waals surface area (Å²) in [5.74, 6) is 0.414. The van der Waals surface area contributed by atoms with Crippen LogP contribution in [0.15, 0.2) is 41.1 Å². The van der Waals surface area contributed by atoms with Gasteiger partial charge in [0.2, 0.25) is 5.88 Å². The molecule has 7 heteroatoms. The fourth-order valence-electron chi connectivity index (χ4n) is 2.26. The Morgan fingerprint density at radius 2 is 2.17 bits per heavy atom. The van der Waals surface area contributed by atoms with Gasteiger partial charge in [-0.25, -0.2) is 0 Å². The fraction of sp³-hybridized carbons (Fsp3) is 0.125. The second-order valence-electron chi connectivity index (χ2n) is 4.80. The van der Waals surface area contributed by atoms with Gasteiger partial charge in [0.25, 0.3) is 5.91 Å². The molecule has 23 heavy (non-hydrogen) atoms. The average Bonchev–Trinajstić information content (AvgIpc) is 3.24. The minimum atomic E-state index is -0.342. The van der Waals surface area contributed by atoms with Gasteiger partial charge in [-0.05, 0) is 31.2 Å². The SMILES string of the molecule is Cc1oc(-n2cccc2)c(C#N)c1C(=O)NCc1ccc(Cl)s1. The molecule has 116 valence electrons. The third kappa shape index (κ3) is 3.02. The topological polar surface area (TPSA) is 71.0 Å². The van der Waals surface area contributed by atoms with E-state index in [9.17, 15) is 10.1 Å².